The maximum absolute atomic E-state index is 11.8. The summed E-state index contributed by atoms with van der Waals surface area (Å²) in [6, 6.07) is 12.6. The Balaban J connectivity index is 1.91. The lowest BCUT2D eigenvalue weighted by molar-refractivity contribution is 0.251. The van der Waals surface area contributed by atoms with E-state index in [4.69, 9.17) is 11.6 Å². The van der Waals surface area contributed by atoms with E-state index in [0.29, 0.717) is 17.3 Å². The van der Waals surface area contributed by atoms with E-state index in [1.54, 1.807) is 12.1 Å². The summed E-state index contributed by atoms with van der Waals surface area (Å²) in [5.41, 5.74) is 1.41. The molecular weight excluding hydrogens is 338 g/mol. The highest BCUT2D eigenvalue weighted by molar-refractivity contribution is 7.89. The van der Waals surface area contributed by atoms with Gasteiger partial charge in [0, 0.05) is 17.3 Å². The normalized spacial score (nSPS) is 11.0. The fraction of sp³-hybridized carbons (Fsp3) is 0.133. The van der Waals surface area contributed by atoms with E-state index in [2.05, 4.69) is 15.4 Å². The van der Waals surface area contributed by atoms with Crippen LogP contribution in [0.25, 0.3) is 0 Å². The lowest BCUT2D eigenvalue weighted by Crippen LogP contribution is -2.28. The third-order valence-electron chi connectivity index (χ3n) is 3.06. The standard InChI is InChI=1S/C15H16ClN3O3S/c1-17-23(21,22)14-8-6-13(7-9-14)19-15(20)18-10-11-2-4-12(16)5-3-11/h2-9,17H,10H2,1H3,(H2,18,19,20). The van der Waals surface area contributed by atoms with Gasteiger partial charge in [0.05, 0.1) is 4.90 Å². The van der Waals surface area contributed by atoms with E-state index < -0.39 is 10.0 Å². The molecule has 0 unspecified atom stereocenters. The summed E-state index contributed by atoms with van der Waals surface area (Å²) < 4.78 is 25.4. The largest absolute Gasteiger partial charge is 0.334 e. The van der Waals surface area contributed by atoms with Gasteiger partial charge in [-0.05, 0) is 49.0 Å². The van der Waals surface area contributed by atoms with E-state index in [1.165, 1.54) is 31.3 Å². The first-order chi connectivity index (χ1) is 10.9. The third-order valence-corrected chi connectivity index (χ3v) is 4.74. The molecule has 23 heavy (non-hydrogen) atoms. The number of carbonyl (C=O) groups is 1. The average molecular weight is 354 g/mol. The second-order valence-electron chi connectivity index (χ2n) is 4.67. The van der Waals surface area contributed by atoms with Crippen LogP contribution in [0.1, 0.15) is 5.56 Å². The van der Waals surface area contributed by atoms with Crippen LogP contribution in [0.4, 0.5) is 10.5 Å². The van der Waals surface area contributed by atoms with Gasteiger partial charge in [-0.1, -0.05) is 23.7 Å². The van der Waals surface area contributed by atoms with Crippen LogP contribution in [0, 0.1) is 0 Å². The number of rotatable bonds is 5. The van der Waals surface area contributed by atoms with Crippen molar-refractivity contribution >= 4 is 33.3 Å². The molecule has 2 aromatic rings. The van der Waals surface area contributed by atoms with Gasteiger partial charge >= 0.3 is 6.03 Å². The molecule has 0 heterocycles. The maximum Gasteiger partial charge on any atom is 0.319 e. The topological polar surface area (TPSA) is 87.3 Å². The van der Waals surface area contributed by atoms with Crippen LogP contribution < -0.4 is 15.4 Å². The number of benzene rings is 2. The zero-order chi connectivity index (χ0) is 16.9. The predicted octanol–water partition coefficient (Wildman–Crippen LogP) is 2.57. The van der Waals surface area contributed by atoms with Gasteiger partial charge in [0.25, 0.3) is 0 Å². The molecule has 0 aliphatic heterocycles. The van der Waals surface area contributed by atoms with E-state index in [0.717, 1.165) is 5.56 Å². The lowest BCUT2D eigenvalue weighted by Gasteiger charge is -2.09. The minimum absolute atomic E-state index is 0.132. The van der Waals surface area contributed by atoms with Gasteiger partial charge in [0.1, 0.15) is 0 Å². The molecule has 6 nitrogen and oxygen atoms in total. The fourth-order valence-electron chi connectivity index (χ4n) is 1.80. The SMILES string of the molecule is CNS(=O)(=O)c1ccc(NC(=O)NCc2ccc(Cl)cc2)cc1. The van der Waals surface area contributed by atoms with Crippen LogP contribution in [0.2, 0.25) is 5.02 Å². The van der Waals surface area contributed by atoms with Gasteiger partial charge in [0.15, 0.2) is 0 Å². The molecule has 2 aromatic carbocycles. The fourth-order valence-corrected chi connectivity index (χ4v) is 2.65. The highest BCUT2D eigenvalue weighted by atomic mass is 35.5. The predicted molar refractivity (Wildman–Crippen MR) is 90.0 cm³/mol. The van der Waals surface area contributed by atoms with Crippen LogP contribution in [0.3, 0.4) is 0 Å². The van der Waals surface area contributed by atoms with Gasteiger partial charge in [-0.3, -0.25) is 0 Å². The van der Waals surface area contributed by atoms with Crippen molar-refractivity contribution in [2.24, 2.45) is 0 Å². The highest BCUT2D eigenvalue weighted by Gasteiger charge is 2.10. The van der Waals surface area contributed by atoms with E-state index in [-0.39, 0.29) is 10.9 Å². The number of hydrogen-bond donors (Lipinski definition) is 3. The summed E-state index contributed by atoms with van der Waals surface area (Å²) in [4.78, 5) is 11.9. The summed E-state index contributed by atoms with van der Waals surface area (Å²) in [5, 5.41) is 5.96. The Hall–Kier alpha value is -2.09. The summed E-state index contributed by atoms with van der Waals surface area (Å²) in [5.74, 6) is 0. The van der Waals surface area contributed by atoms with Crippen LogP contribution in [-0.2, 0) is 16.6 Å². The minimum atomic E-state index is -3.48. The van der Waals surface area contributed by atoms with Crippen molar-refractivity contribution in [2.75, 3.05) is 12.4 Å². The van der Waals surface area contributed by atoms with Crippen molar-refractivity contribution in [3.63, 3.8) is 0 Å². The second-order valence-corrected chi connectivity index (χ2v) is 6.99. The molecule has 0 saturated carbocycles. The first kappa shape index (κ1) is 17.3. The molecule has 0 aromatic heterocycles. The number of amides is 2. The van der Waals surface area contributed by atoms with E-state index in [9.17, 15) is 13.2 Å². The van der Waals surface area contributed by atoms with E-state index >= 15 is 0 Å². The lowest BCUT2D eigenvalue weighted by atomic mass is 10.2. The summed E-state index contributed by atoms with van der Waals surface area (Å²) in [7, 11) is -2.14. The number of nitrogens with one attached hydrogen (secondary N) is 3. The van der Waals surface area contributed by atoms with Gasteiger partial charge in [-0.2, -0.15) is 0 Å². The van der Waals surface area contributed by atoms with Gasteiger partial charge in [-0.25, -0.2) is 17.9 Å². The van der Waals surface area contributed by atoms with Crippen molar-refractivity contribution < 1.29 is 13.2 Å². The molecule has 3 N–H and O–H groups in total. The maximum atomic E-state index is 11.8. The van der Waals surface area contributed by atoms with Crippen molar-refractivity contribution in [3.05, 3.63) is 59.1 Å². The monoisotopic (exact) mass is 353 g/mol. The Labute approximate surface area is 139 Å². The van der Waals surface area contributed by atoms with Crippen LogP contribution in [0.5, 0.6) is 0 Å². The minimum Gasteiger partial charge on any atom is -0.334 e. The Bertz CT molecular complexity index is 775. The first-order valence-electron chi connectivity index (χ1n) is 6.73. The third kappa shape index (κ3) is 4.95. The van der Waals surface area contributed by atoms with Crippen molar-refractivity contribution in [1.82, 2.24) is 10.0 Å². The molecule has 0 bridgehead atoms. The number of sulfonamides is 1. The van der Waals surface area contributed by atoms with Gasteiger partial charge < -0.3 is 10.6 Å². The molecular formula is C15H16ClN3O3S. The number of carbonyl (C=O) groups excluding carboxylic acids is 1. The molecule has 0 atom stereocenters. The Morgan fingerprint density at radius 1 is 1.04 bits per heavy atom. The summed E-state index contributed by atoms with van der Waals surface area (Å²) >= 11 is 5.79. The van der Waals surface area contributed by atoms with Crippen molar-refractivity contribution in [2.45, 2.75) is 11.4 Å². The first-order valence-corrected chi connectivity index (χ1v) is 8.60. The number of halogens is 1. The Kier molecular flexibility index (Phi) is 5.59. The number of anilines is 1. The van der Waals surface area contributed by atoms with Gasteiger partial charge in [-0.15, -0.1) is 0 Å². The van der Waals surface area contributed by atoms with Crippen molar-refractivity contribution in [3.8, 4) is 0 Å². The Morgan fingerprint density at radius 3 is 2.22 bits per heavy atom. The smallest absolute Gasteiger partial charge is 0.319 e. The summed E-state index contributed by atoms with van der Waals surface area (Å²) in [6.07, 6.45) is 0. The summed E-state index contributed by atoms with van der Waals surface area (Å²) in [6.45, 7) is 0.356. The molecule has 122 valence electrons. The molecule has 0 aliphatic rings. The van der Waals surface area contributed by atoms with Crippen LogP contribution in [-0.4, -0.2) is 21.5 Å². The highest BCUT2D eigenvalue weighted by Crippen LogP contribution is 2.14. The second kappa shape index (κ2) is 7.45. The van der Waals surface area contributed by atoms with E-state index in [1.807, 2.05) is 12.1 Å². The molecule has 0 radical (unpaired) electrons. The van der Waals surface area contributed by atoms with Crippen LogP contribution >= 0.6 is 11.6 Å². The zero-order valence-corrected chi connectivity index (χ0v) is 13.9. The molecule has 2 amide bonds. The van der Waals surface area contributed by atoms with Crippen LogP contribution in [0.15, 0.2) is 53.4 Å². The number of hydrogen-bond acceptors (Lipinski definition) is 3. The Morgan fingerprint density at radius 2 is 1.65 bits per heavy atom. The van der Waals surface area contributed by atoms with Gasteiger partial charge in [0.2, 0.25) is 10.0 Å². The zero-order valence-electron chi connectivity index (χ0n) is 12.3. The molecule has 2 rings (SSSR count). The molecule has 0 aliphatic carbocycles. The average Bonchev–Trinajstić information content (AvgIpc) is 2.55. The van der Waals surface area contributed by atoms with Crippen molar-refractivity contribution in [1.29, 1.82) is 0 Å². The molecule has 0 fully saturated rings. The molecule has 0 spiro atoms. The molecule has 8 heteroatoms. The number of urea groups is 1. The molecule has 0 saturated heterocycles. The quantitative estimate of drug-likeness (QED) is 0.772.